The Bertz CT molecular complexity index is 1460. The Balaban J connectivity index is 1.20. The molecule has 2 aromatic carbocycles. The molecule has 42 heavy (non-hydrogen) atoms. The lowest BCUT2D eigenvalue weighted by Gasteiger charge is -2.36. The van der Waals surface area contributed by atoms with E-state index < -0.39 is 29.3 Å². The lowest BCUT2D eigenvalue weighted by Crippen LogP contribution is -2.42. The number of hydrogen-bond acceptors (Lipinski definition) is 4. The minimum absolute atomic E-state index is 0.103. The van der Waals surface area contributed by atoms with Crippen molar-refractivity contribution in [2.45, 2.75) is 50.6 Å². The number of amides is 2. The second-order valence-corrected chi connectivity index (χ2v) is 11.3. The Labute approximate surface area is 245 Å². The smallest absolute Gasteiger partial charge is 0.435 e. The summed E-state index contributed by atoms with van der Waals surface area (Å²) in [6, 6.07) is 13.2. The molecule has 0 unspecified atom stereocenters. The summed E-state index contributed by atoms with van der Waals surface area (Å²) in [5.74, 6) is -1.90. The second-order valence-electron chi connectivity index (χ2n) is 10.8. The van der Waals surface area contributed by atoms with E-state index in [-0.39, 0.29) is 34.4 Å². The van der Waals surface area contributed by atoms with E-state index in [0.717, 1.165) is 29.3 Å². The quantitative estimate of drug-likeness (QED) is 0.340. The maximum absolute atomic E-state index is 13.7. The van der Waals surface area contributed by atoms with Crippen LogP contribution in [0.2, 0.25) is 5.02 Å². The average molecular weight is 603 g/mol. The van der Waals surface area contributed by atoms with Gasteiger partial charge in [-0.3, -0.25) is 14.4 Å². The van der Waals surface area contributed by atoms with Gasteiger partial charge in [-0.25, -0.2) is 4.68 Å². The molecule has 1 saturated carbocycles. The second kappa shape index (κ2) is 12.2. The van der Waals surface area contributed by atoms with Gasteiger partial charge >= 0.3 is 12.1 Å². The molecule has 2 amide bonds. The summed E-state index contributed by atoms with van der Waals surface area (Å²) >= 11 is 6.12. The SMILES string of the molecule is O=C(Nc1ccc(C2CCN(C(=O)[C@H]3CC[C@@H](C(=O)O)CC3)CC2)cc1)c1cn(-c2ccccc2Cl)nc1C(F)(F)F. The number of aromatic nitrogens is 2. The van der Waals surface area contributed by atoms with E-state index in [4.69, 9.17) is 11.6 Å². The van der Waals surface area contributed by atoms with E-state index in [1.54, 1.807) is 24.3 Å². The molecule has 1 aliphatic heterocycles. The number of carbonyl (C=O) groups excluding carboxylic acids is 2. The Kier molecular flexibility index (Phi) is 8.58. The lowest BCUT2D eigenvalue weighted by molar-refractivity contribution is -0.146. The minimum atomic E-state index is -4.85. The van der Waals surface area contributed by atoms with Crippen molar-refractivity contribution in [1.29, 1.82) is 0 Å². The van der Waals surface area contributed by atoms with Crippen molar-refractivity contribution < 1.29 is 32.7 Å². The van der Waals surface area contributed by atoms with Gasteiger partial charge in [-0.15, -0.1) is 0 Å². The normalized spacial score (nSPS) is 19.9. The van der Waals surface area contributed by atoms with Crippen molar-refractivity contribution in [1.82, 2.24) is 14.7 Å². The molecule has 222 valence electrons. The van der Waals surface area contributed by atoms with Crippen molar-refractivity contribution in [3.8, 4) is 5.69 Å². The summed E-state index contributed by atoms with van der Waals surface area (Å²) in [6.07, 6.45) is -0.0328. The van der Waals surface area contributed by atoms with Crippen LogP contribution in [0.3, 0.4) is 0 Å². The number of benzene rings is 2. The maximum Gasteiger partial charge on any atom is 0.435 e. The van der Waals surface area contributed by atoms with Gasteiger partial charge < -0.3 is 15.3 Å². The number of alkyl halides is 3. The topological polar surface area (TPSA) is 105 Å². The third-order valence-electron chi connectivity index (χ3n) is 8.20. The Hall–Kier alpha value is -3.86. The van der Waals surface area contributed by atoms with E-state index >= 15 is 0 Å². The first-order chi connectivity index (χ1) is 20.0. The number of hydrogen-bond donors (Lipinski definition) is 2. The first-order valence-corrected chi connectivity index (χ1v) is 14.2. The maximum atomic E-state index is 13.7. The summed E-state index contributed by atoms with van der Waals surface area (Å²) in [5, 5.41) is 15.5. The molecule has 2 fully saturated rings. The number of nitrogens with zero attached hydrogens (tertiary/aromatic N) is 3. The summed E-state index contributed by atoms with van der Waals surface area (Å²) in [7, 11) is 0. The lowest BCUT2D eigenvalue weighted by atomic mass is 9.81. The molecular weight excluding hydrogens is 573 g/mol. The number of anilines is 1. The van der Waals surface area contributed by atoms with Crippen molar-refractivity contribution >= 4 is 35.1 Å². The molecule has 1 saturated heterocycles. The van der Waals surface area contributed by atoms with Crippen molar-refractivity contribution in [2.24, 2.45) is 11.8 Å². The van der Waals surface area contributed by atoms with Gasteiger partial charge in [-0.2, -0.15) is 18.3 Å². The van der Waals surface area contributed by atoms with Crippen molar-refractivity contribution in [2.75, 3.05) is 18.4 Å². The summed E-state index contributed by atoms with van der Waals surface area (Å²) in [6.45, 7) is 1.22. The van der Waals surface area contributed by atoms with Gasteiger partial charge in [0, 0.05) is 30.9 Å². The van der Waals surface area contributed by atoms with Crippen LogP contribution in [0.15, 0.2) is 54.7 Å². The van der Waals surface area contributed by atoms with Crippen LogP contribution in [0.25, 0.3) is 5.69 Å². The Morgan fingerprint density at radius 2 is 1.52 bits per heavy atom. The summed E-state index contributed by atoms with van der Waals surface area (Å²) in [4.78, 5) is 39.0. The number of piperidine rings is 1. The number of halogens is 4. The van der Waals surface area contributed by atoms with Gasteiger partial charge in [0.2, 0.25) is 5.91 Å². The molecule has 2 heterocycles. The number of carboxylic acids is 1. The highest BCUT2D eigenvalue weighted by Gasteiger charge is 2.40. The highest BCUT2D eigenvalue weighted by molar-refractivity contribution is 6.32. The van der Waals surface area contributed by atoms with Crippen molar-refractivity contribution in [3.05, 3.63) is 76.6 Å². The largest absolute Gasteiger partial charge is 0.481 e. The zero-order valence-corrected chi connectivity index (χ0v) is 23.4. The molecule has 2 aliphatic rings. The van der Waals surface area contributed by atoms with Crippen molar-refractivity contribution in [3.63, 3.8) is 0 Å². The van der Waals surface area contributed by atoms with Crippen LogP contribution < -0.4 is 5.32 Å². The highest BCUT2D eigenvalue weighted by Crippen LogP contribution is 2.35. The Morgan fingerprint density at radius 3 is 2.12 bits per heavy atom. The Morgan fingerprint density at radius 1 is 0.905 bits per heavy atom. The molecule has 1 aromatic heterocycles. The van der Waals surface area contributed by atoms with Crippen LogP contribution >= 0.6 is 11.6 Å². The fraction of sp³-hybridized carbons (Fsp3) is 0.400. The molecule has 0 radical (unpaired) electrons. The number of likely N-dealkylation sites (tertiary alicyclic amines) is 1. The predicted octanol–water partition coefficient (Wildman–Crippen LogP) is 6.39. The summed E-state index contributed by atoms with van der Waals surface area (Å²) in [5.41, 5.74) is -0.365. The minimum Gasteiger partial charge on any atom is -0.481 e. The molecule has 12 heteroatoms. The number of aliphatic carboxylic acids is 1. The molecule has 0 bridgehead atoms. The molecule has 5 rings (SSSR count). The zero-order valence-electron chi connectivity index (χ0n) is 22.6. The van der Waals surface area contributed by atoms with Gasteiger partial charge in [0.1, 0.15) is 0 Å². The average Bonchev–Trinajstić information content (AvgIpc) is 3.44. The first-order valence-electron chi connectivity index (χ1n) is 13.9. The first kappa shape index (κ1) is 29.6. The molecular formula is C30H30ClF3N4O4. The van der Waals surface area contributed by atoms with Crippen LogP contribution in [-0.2, 0) is 15.8 Å². The predicted molar refractivity (Wildman–Crippen MR) is 150 cm³/mol. The van der Waals surface area contributed by atoms with Crippen LogP contribution in [-0.4, -0.2) is 50.7 Å². The molecule has 1 aliphatic carbocycles. The number of para-hydroxylation sites is 1. The van der Waals surface area contributed by atoms with E-state index in [0.29, 0.717) is 44.5 Å². The third kappa shape index (κ3) is 6.46. The van der Waals surface area contributed by atoms with Gasteiger partial charge in [0.05, 0.1) is 22.2 Å². The molecule has 2 N–H and O–H groups in total. The third-order valence-corrected chi connectivity index (χ3v) is 8.52. The van der Waals surface area contributed by atoms with Gasteiger partial charge in [-0.05, 0) is 74.3 Å². The molecule has 0 spiro atoms. The fourth-order valence-electron chi connectivity index (χ4n) is 5.83. The fourth-order valence-corrected chi connectivity index (χ4v) is 6.05. The van der Waals surface area contributed by atoms with Crippen LogP contribution in [0.1, 0.15) is 66.1 Å². The number of rotatable bonds is 6. The molecule has 3 aromatic rings. The van der Waals surface area contributed by atoms with Crippen LogP contribution in [0.5, 0.6) is 0 Å². The zero-order chi connectivity index (χ0) is 30.0. The summed E-state index contributed by atoms with van der Waals surface area (Å²) < 4.78 is 42.1. The van der Waals surface area contributed by atoms with Gasteiger partial charge in [-0.1, -0.05) is 35.9 Å². The monoisotopic (exact) mass is 602 g/mol. The number of nitrogens with one attached hydrogen (secondary N) is 1. The van der Waals surface area contributed by atoms with E-state index in [2.05, 4.69) is 10.4 Å². The number of carbonyl (C=O) groups is 3. The van der Waals surface area contributed by atoms with Gasteiger partial charge in [0.25, 0.3) is 5.91 Å². The standard InChI is InChI=1S/C30H30ClF3N4O4/c31-24-3-1-2-4-25(24)38-17-23(26(36-38)30(32,33)34)27(39)35-22-11-9-18(10-12-22)19-13-15-37(16-14-19)28(40)20-5-7-21(8-6-20)29(41)42/h1-4,9-12,17,19-21H,5-8,13-16H2,(H,35,39)(H,41,42)/t20-,21+. The molecule has 8 nitrogen and oxygen atoms in total. The van der Waals surface area contributed by atoms with Gasteiger partial charge in [0.15, 0.2) is 5.69 Å². The van der Waals surface area contributed by atoms with E-state index in [1.165, 1.54) is 12.1 Å². The van der Waals surface area contributed by atoms with Crippen LogP contribution in [0.4, 0.5) is 18.9 Å². The highest BCUT2D eigenvalue weighted by atomic mass is 35.5. The van der Waals surface area contributed by atoms with Crippen LogP contribution in [0, 0.1) is 11.8 Å². The van der Waals surface area contributed by atoms with E-state index in [9.17, 15) is 32.7 Å². The molecule has 0 atom stereocenters. The number of carboxylic acid groups (broad SMARTS) is 1. The van der Waals surface area contributed by atoms with E-state index in [1.807, 2.05) is 17.0 Å².